The van der Waals surface area contributed by atoms with Crippen molar-refractivity contribution in [2.45, 2.75) is 38.0 Å². The number of carbonyl (C=O) groups is 2. The van der Waals surface area contributed by atoms with Gasteiger partial charge in [-0.25, -0.2) is 4.79 Å². The summed E-state index contributed by atoms with van der Waals surface area (Å²) < 4.78 is 11.7. The van der Waals surface area contributed by atoms with E-state index in [1.54, 1.807) is 13.2 Å². The van der Waals surface area contributed by atoms with Gasteiger partial charge in [0.2, 0.25) is 0 Å². The van der Waals surface area contributed by atoms with Crippen LogP contribution in [0.4, 0.5) is 0 Å². The third kappa shape index (κ3) is 7.19. The van der Waals surface area contributed by atoms with Crippen molar-refractivity contribution in [2.75, 3.05) is 20.2 Å². The fraction of sp³-hybridized carbons (Fsp3) is 0.310. The predicted octanol–water partition coefficient (Wildman–Crippen LogP) is 5.47. The number of halogens is 2. The van der Waals surface area contributed by atoms with Gasteiger partial charge in [-0.05, 0) is 48.7 Å². The number of hydrogen-bond donors (Lipinski definition) is 2. The van der Waals surface area contributed by atoms with Gasteiger partial charge in [-0.15, -0.1) is 0 Å². The Morgan fingerprint density at radius 2 is 1.66 bits per heavy atom. The van der Waals surface area contributed by atoms with E-state index in [1.807, 2.05) is 42.5 Å². The molecule has 38 heavy (non-hydrogen) atoms. The number of carbonyl (C=O) groups excluding carboxylic acids is 1. The van der Waals surface area contributed by atoms with Crippen LogP contribution < -0.4 is 14.8 Å². The molecule has 1 aliphatic rings. The van der Waals surface area contributed by atoms with Crippen molar-refractivity contribution in [3.63, 3.8) is 0 Å². The second-order valence-electron chi connectivity index (χ2n) is 9.21. The minimum atomic E-state index is -1.15. The van der Waals surface area contributed by atoms with E-state index in [-0.39, 0.29) is 28.1 Å². The van der Waals surface area contributed by atoms with Crippen molar-refractivity contribution in [3.05, 3.63) is 93.5 Å². The summed E-state index contributed by atoms with van der Waals surface area (Å²) in [6.07, 6.45) is 2.04. The van der Waals surface area contributed by atoms with Crippen LogP contribution in [-0.2, 0) is 17.8 Å². The van der Waals surface area contributed by atoms with Gasteiger partial charge in [0.15, 0.2) is 0 Å². The third-order valence-electron chi connectivity index (χ3n) is 6.58. The zero-order chi connectivity index (χ0) is 27.1. The van der Waals surface area contributed by atoms with Gasteiger partial charge in [0, 0.05) is 31.6 Å². The third-order valence-corrected chi connectivity index (χ3v) is 7.21. The lowest BCUT2D eigenvalue weighted by Crippen LogP contribution is -2.42. The van der Waals surface area contributed by atoms with Crippen LogP contribution in [0.5, 0.6) is 11.5 Å². The number of nitrogens with zero attached hydrogens (tertiary/aromatic N) is 1. The Morgan fingerprint density at radius 3 is 2.29 bits per heavy atom. The Hall–Kier alpha value is -3.26. The molecule has 3 aromatic rings. The molecule has 3 aromatic carbocycles. The fourth-order valence-electron chi connectivity index (χ4n) is 4.54. The van der Waals surface area contributed by atoms with Crippen LogP contribution in [-0.4, -0.2) is 54.2 Å². The predicted molar refractivity (Wildman–Crippen MR) is 147 cm³/mol. The molecule has 0 radical (unpaired) electrons. The second-order valence-corrected chi connectivity index (χ2v) is 10.0. The highest BCUT2D eigenvalue weighted by atomic mass is 35.5. The SMILES string of the molecule is COc1ccccc1CN1CCC(Oc2ccc(C[C@H](NC(=O)c3c(Cl)cccc3Cl)C(=O)O)cc2)CC1. The number of aliphatic carboxylic acids is 1. The Balaban J connectivity index is 1.29. The molecule has 2 N–H and O–H groups in total. The van der Waals surface area contributed by atoms with Gasteiger partial charge < -0.3 is 19.9 Å². The fourth-order valence-corrected chi connectivity index (χ4v) is 5.11. The lowest BCUT2D eigenvalue weighted by molar-refractivity contribution is -0.139. The Bertz CT molecular complexity index is 1240. The molecule has 1 amide bonds. The number of amides is 1. The summed E-state index contributed by atoms with van der Waals surface area (Å²) in [5.74, 6) is -0.147. The van der Waals surface area contributed by atoms with Gasteiger partial charge in [-0.3, -0.25) is 9.69 Å². The minimum Gasteiger partial charge on any atom is -0.496 e. The number of likely N-dealkylation sites (tertiary alicyclic amines) is 1. The van der Waals surface area contributed by atoms with Crippen molar-refractivity contribution in [2.24, 2.45) is 0 Å². The Morgan fingerprint density at radius 1 is 1.00 bits per heavy atom. The van der Waals surface area contributed by atoms with Crippen molar-refractivity contribution in [1.82, 2.24) is 10.2 Å². The van der Waals surface area contributed by atoms with Crippen LogP contribution in [0.1, 0.15) is 34.3 Å². The summed E-state index contributed by atoms with van der Waals surface area (Å²) in [5, 5.41) is 12.5. The van der Waals surface area contributed by atoms with Gasteiger partial charge in [-0.2, -0.15) is 0 Å². The molecule has 1 aliphatic heterocycles. The topological polar surface area (TPSA) is 88.1 Å². The standard InChI is InChI=1S/C29H30Cl2N2O5/c1-37-26-8-3-2-5-20(26)18-33-15-13-22(14-16-33)38-21-11-9-19(10-12-21)17-25(29(35)36)32-28(34)27-23(30)6-4-7-24(27)31/h2-12,22,25H,13-18H2,1H3,(H,32,34)(H,35,36)/t25-/m0/s1. The molecule has 1 fully saturated rings. The van der Waals surface area contributed by atoms with E-state index in [4.69, 9.17) is 32.7 Å². The number of para-hydroxylation sites is 1. The molecule has 0 unspecified atom stereocenters. The number of benzene rings is 3. The number of methoxy groups -OCH3 is 1. The quantitative estimate of drug-likeness (QED) is 0.344. The summed E-state index contributed by atoms with van der Waals surface area (Å²) in [5.41, 5.74) is 1.98. The normalized spacial score (nSPS) is 15.0. The number of hydrogen-bond acceptors (Lipinski definition) is 5. The second kappa shape index (κ2) is 13.0. The van der Waals surface area contributed by atoms with Crippen LogP contribution in [0.15, 0.2) is 66.7 Å². The van der Waals surface area contributed by atoms with Crippen LogP contribution in [0.2, 0.25) is 10.0 Å². The molecular formula is C29H30Cl2N2O5. The summed E-state index contributed by atoms with van der Waals surface area (Å²) in [7, 11) is 1.69. The number of piperidine rings is 1. The van der Waals surface area contributed by atoms with Crippen molar-refractivity contribution in [1.29, 1.82) is 0 Å². The molecule has 1 saturated heterocycles. The molecule has 0 bridgehead atoms. The molecule has 200 valence electrons. The number of carboxylic acid groups (broad SMARTS) is 1. The number of nitrogens with one attached hydrogen (secondary N) is 1. The van der Waals surface area contributed by atoms with Crippen molar-refractivity contribution in [3.8, 4) is 11.5 Å². The minimum absolute atomic E-state index is 0.0554. The monoisotopic (exact) mass is 556 g/mol. The first-order valence-corrected chi connectivity index (χ1v) is 13.2. The molecule has 0 aliphatic carbocycles. The zero-order valence-electron chi connectivity index (χ0n) is 21.0. The van der Waals surface area contributed by atoms with Gasteiger partial charge in [0.25, 0.3) is 5.91 Å². The van der Waals surface area contributed by atoms with Gasteiger partial charge in [0.1, 0.15) is 23.6 Å². The first-order chi connectivity index (χ1) is 18.3. The van der Waals surface area contributed by atoms with E-state index >= 15 is 0 Å². The lowest BCUT2D eigenvalue weighted by atomic mass is 10.0. The van der Waals surface area contributed by atoms with Crippen LogP contribution in [0, 0.1) is 0 Å². The van der Waals surface area contributed by atoms with E-state index in [9.17, 15) is 14.7 Å². The average molecular weight is 557 g/mol. The summed E-state index contributed by atoms with van der Waals surface area (Å²) in [6, 6.07) is 18.9. The molecule has 9 heteroatoms. The first kappa shape index (κ1) is 27.8. The highest BCUT2D eigenvalue weighted by molar-refractivity contribution is 6.39. The average Bonchev–Trinajstić information content (AvgIpc) is 2.90. The largest absolute Gasteiger partial charge is 0.496 e. The van der Waals surface area contributed by atoms with E-state index in [2.05, 4.69) is 16.3 Å². The van der Waals surface area contributed by atoms with Crippen LogP contribution in [0.3, 0.4) is 0 Å². The maximum Gasteiger partial charge on any atom is 0.326 e. The zero-order valence-corrected chi connectivity index (χ0v) is 22.5. The smallest absolute Gasteiger partial charge is 0.326 e. The maximum atomic E-state index is 12.7. The summed E-state index contributed by atoms with van der Waals surface area (Å²) in [4.78, 5) is 26.9. The summed E-state index contributed by atoms with van der Waals surface area (Å²) in [6.45, 7) is 2.70. The number of ether oxygens (including phenoxy) is 2. The maximum absolute atomic E-state index is 12.7. The van der Waals surface area contributed by atoms with E-state index in [1.165, 1.54) is 17.7 Å². The van der Waals surface area contributed by atoms with Gasteiger partial charge >= 0.3 is 5.97 Å². The van der Waals surface area contributed by atoms with E-state index in [0.717, 1.165) is 49.5 Å². The Labute approximate surface area is 232 Å². The first-order valence-electron chi connectivity index (χ1n) is 12.4. The van der Waals surface area contributed by atoms with Gasteiger partial charge in [0.05, 0.1) is 22.7 Å². The van der Waals surface area contributed by atoms with Crippen molar-refractivity contribution >= 4 is 35.1 Å². The number of rotatable bonds is 10. The highest BCUT2D eigenvalue weighted by Crippen LogP contribution is 2.26. The molecule has 0 saturated carbocycles. The molecule has 1 atom stereocenters. The molecular weight excluding hydrogens is 527 g/mol. The van der Waals surface area contributed by atoms with Crippen molar-refractivity contribution < 1.29 is 24.2 Å². The molecule has 0 aromatic heterocycles. The molecule has 4 rings (SSSR count). The number of carboxylic acids is 1. The van der Waals surface area contributed by atoms with Crippen LogP contribution >= 0.6 is 23.2 Å². The summed E-state index contributed by atoms with van der Waals surface area (Å²) >= 11 is 12.2. The van der Waals surface area contributed by atoms with Gasteiger partial charge in [-0.1, -0.05) is 59.6 Å². The molecule has 1 heterocycles. The Kier molecular flexibility index (Phi) is 9.50. The molecule has 0 spiro atoms. The highest BCUT2D eigenvalue weighted by Gasteiger charge is 2.24. The van der Waals surface area contributed by atoms with E-state index in [0.29, 0.717) is 0 Å². The molecule has 7 nitrogen and oxygen atoms in total. The lowest BCUT2D eigenvalue weighted by Gasteiger charge is -2.32. The van der Waals surface area contributed by atoms with E-state index < -0.39 is 17.9 Å². The van der Waals surface area contributed by atoms with Crippen LogP contribution in [0.25, 0.3) is 0 Å².